The molecule has 0 amide bonds. The van der Waals surface area contributed by atoms with Crippen molar-refractivity contribution in [3.63, 3.8) is 0 Å². The van der Waals surface area contributed by atoms with Crippen LogP contribution in [-0.4, -0.2) is 46.6 Å². The number of nitriles is 1. The van der Waals surface area contributed by atoms with Crippen molar-refractivity contribution in [1.29, 1.82) is 5.26 Å². The smallest absolute Gasteiger partial charge is 0.491 e. The van der Waals surface area contributed by atoms with E-state index in [1.807, 2.05) is 40.0 Å². The van der Waals surface area contributed by atoms with E-state index >= 15 is 0 Å². The third kappa shape index (κ3) is 3.24. The van der Waals surface area contributed by atoms with Crippen LogP contribution < -0.4 is 10.2 Å². The molecule has 3 rings (SSSR count). The van der Waals surface area contributed by atoms with Gasteiger partial charge in [0.05, 0.1) is 41.3 Å². The number of thioether (sulfide) groups is 1. The molecule has 0 bridgehead atoms. The Balaban J connectivity index is 2.06. The molecule has 0 aliphatic carbocycles. The maximum absolute atomic E-state index is 9.42. The predicted molar refractivity (Wildman–Crippen MR) is 99.5 cm³/mol. The molecule has 1 saturated heterocycles. The zero-order valence-electron chi connectivity index (χ0n) is 15.2. The van der Waals surface area contributed by atoms with Gasteiger partial charge in [0.15, 0.2) is 0 Å². The van der Waals surface area contributed by atoms with E-state index in [1.165, 1.54) is 0 Å². The summed E-state index contributed by atoms with van der Waals surface area (Å²) in [4.78, 5) is 0. The van der Waals surface area contributed by atoms with E-state index in [2.05, 4.69) is 11.2 Å². The van der Waals surface area contributed by atoms with Crippen LogP contribution in [0.1, 0.15) is 33.3 Å². The number of nitrogens with zero attached hydrogens (tertiary/aromatic N) is 3. The Morgan fingerprint density at radius 3 is 2.60 bits per heavy atom. The highest BCUT2D eigenvalue weighted by atomic mass is 32.2. The minimum absolute atomic E-state index is 0.461. The number of fused-ring (bicyclic) bond motifs is 1. The lowest BCUT2D eigenvalue weighted by molar-refractivity contribution is 0.00578. The Hall–Kier alpha value is -1.69. The first-order chi connectivity index (χ1) is 11.8. The van der Waals surface area contributed by atoms with Gasteiger partial charge in [-0.15, -0.1) is 0 Å². The van der Waals surface area contributed by atoms with Gasteiger partial charge >= 0.3 is 7.12 Å². The topological polar surface area (TPSA) is 68.8 Å². The summed E-state index contributed by atoms with van der Waals surface area (Å²) in [5, 5.41) is 13.7. The minimum Gasteiger partial charge on any atom is -0.491 e. The van der Waals surface area contributed by atoms with Crippen LogP contribution in [0.5, 0.6) is 5.75 Å². The molecule has 2 aromatic heterocycles. The molecule has 132 valence electrons. The molecule has 0 spiro atoms. The lowest BCUT2D eigenvalue weighted by atomic mass is 9.78. The van der Waals surface area contributed by atoms with Crippen molar-refractivity contribution >= 4 is 29.9 Å². The van der Waals surface area contributed by atoms with E-state index in [1.54, 1.807) is 28.7 Å². The summed E-state index contributed by atoms with van der Waals surface area (Å²) in [6, 6.07) is 4.08. The highest BCUT2D eigenvalue weighted by Gasteiger charge is 2.52. The van der Waals surface area contributed by atoms with Crippen molar-refractivity contribution in [2.24, 2.45) is 0 Å². The van der Waals surface area contributed by atoms with Crippen molar-refractivity contribution in [1.82, 2.24) is 9.61 Å². The first-order valence-corrected chi connectivity index (χ1v) is 9.57. The summed E-state index contributed by atoms with van der Waals surface area (Å²) < 4.78 is 19.8. The number of hydrogen-bond donors (Lipinski definition) is 0. The Morgan fingerprint density at radius 2 is 2.00 bits per heavy atom. The highest BCUT2D eigenvalue weighted by Crippen LogP contribution is 2.37. The van der Waals surface area contributed by atoms with Gasteiger partial charge in [-0.05, 0) is 40.0 Å². The fourth-order valence-corrected chi connectivity index (χ4v) is 2.93. The van der Waals surface area contributed by atoms with Crippen molar-refractivity contribution in [3.05, 3.63) is 24.0 Å². The maximum atomic E-state index is 9.42. The van der Waals surface area contributed by atoms with Gasteiger partial charge in [-0.2, -0.15) is 22.1 Å². The first kappa shape index (κ1) is 18.1. The molecular weight excluding hydrogens is 337 g/mol. The average molecular weight is 359 g/mol. The molecular formula is C17H22BN3O3S. The van der Waals surface area contributed by atoms with Crippen LogP contribution >= 0.6 is 11.8 Å². The van der Waals surface area contributed by atoms with Crippen molar-refractivity contribution in [2.45, 2.75) is 38.9 Å². The third-order valence-electron chi connectivity index (χ3n) is 4.80. The molecule has 0 unspecified atom stereocenters. The standard InChI is InChI=1S/C17H22BN3O3S/c1-16(2)17(3,4)24-18(23-16)14-8-13(22-6-7-25-5)11-21-15(14)12(9-19)10-20-21/h8,10-11H,6-7H2,1-5H3. The Bertz CT molecular complexity index is 812. The van der Waals surface area contributed by atoms with E-state index in [-0.39, 0.29) is 0 Å². The Kier molecular flexibility index (Phi) is 4.75. The zero-order chi connectivity index (χ0) is 18.2. The van der Waals surface area contributed by atoms with E-state index in [9.17, 15) is 5.26 Å². The molecule has 0 aromatic carbocycles. The van der Waals surface area contributed by atoms with Gasteiger partial charge in [0.2, 0.25) is 0 Å². The van der Waals surface area contributed by atoms with Gasteiger partial charge in [-0.3, -0.25) is 0 Å². The summed E-state index contributed by atoms with van der Waals surface area (Å²) in [5.74, 6) is 1.57. The molecule has 2 aromatic rings. The fraction of sp³-hybridized carbons (Fsp3) is 0.529. The number of pyridine rings is 1. The second kappa shape index (κ2) is 6.56. The summed E-state index contributed by atoms with van der Waals surface area (Å²) >= 11 is 1.72. The molecule has 1 aliphatic rings. The van der Waals surface area contributed by atoms with Gasteiger partial charge in [0.1, 0.15) is 11.8 Å². The Labute approximate surface area is 152 Å². The number of hydrogen-bond acceptors (Lipinski definition) is 6. The average Bonchev–Trinajstić information content (AvgIpc) is 3.05. The molecule has 6 nitrogen and oxygen atoms in total. The summed E-state index contributed by atoms with van der Waals surface area (Å²) in [5.41, 5.74) is 1.02. The molecule has 1 fully saturated rings. The van der Waals surface area contributed by atoms with E-state index in [0.717, 1.165) is 11.2 Å². The second-order valence-corrected chi connectivity index (χ2v) is 8.01. The van der Waals surface area contributed by atoms with Crippen LogP contribution in [0, 0.1) is 11.3 Å². The fourth-order valence-electron chi connectivity index (χ4n) is 2.68. The molecule has 0 N–H and O–H groups in total. The van der Waals surface area contributed by atoms with E-state index in [4.69, 9.17) is 14.0 Å². The molecule has 0 radical (unpaired) electrons. The minimum atomic E-state index is -0.583. The molecule has 0 atom stereocenters. The van der Waals surface area contributed by atoms with Crippen LogP contribution in [0.4, 0.5) is 0 Å². The molecule has 8 heteroatoms. The molecule has 3 heterocycles. The van der Waals surface area contributed by atoms with Crippen molar-refractivity contribution in [2.75, 3.05) is 18.6 Å². The van der Waals surface area contributed by atoms with Gasteiger partial charge in [-0.1, -0.05) is 0 Å². The van der Waals surface area contributed by atoms with Crippen molar-refractivity contribution in [3.8, 4) is 11.8 Å². The summed E-state index contributed by atoms with van der Waals surface area (Å²) in [6.07, 6.45) is 5.37. The largest absolute Gasteiger partial charge is 0.497 e. The number of aromatic nitrogens is 2. The van der Waals surface area contributed by atoms with Gasteiger partial charge in [0.25, 0.3) is 0 Å². The predicted octanol–water partition coefficient (Wildman–Crippen LogP) is 2.25. The molecule has 25 heavy (non-hydrogen) atoms. The first-order valence-electron chi connectivity index (χ1n) is 8.18. The van der Waals surface area contributed by atoms with Gasteiger partial charge in [-0.25, -0.2) is 4.52 Å². The van der Waals surface area contributed by atoms with Crippen molar-refractivity contribution < 1.29 is 14.0 Å². The second-order valence-electron chi connectivity index (χ2n) is 7.02. The van der Waals surface area contributed by atoms with Crippen LogP contribution in [-0.2, 0) is 9.31 Å². The molecule has 1 aliphatic heterocycles. The van der Waals surface area contributed by atoms with E-state index < -0.39 is 18.3 Å². The lowest BCUT2D eigenvalue weighted by Gasteiger charge is -2.32. The van der Waals surface area contributed by atoms with E-state index in [0.29, 0.717) is 23.4 Å². The summed E-state index contributed by atoms with van der Waals surface area (Å²) in [7, 11) is -0.583. The third-order valence-corrected chi connectivity index (χ3v) is 5.37. The number of rotatable bonds is 5. The van der Waals surface area contributed by atoms with Crippen LogP contribution in [0.3, 0.4) is 0 Å². The Morgan fingerprint density at radius 1 is 1.32 bits per heavy atom. The van der Waals surface area contributed by atoms with Crippen LogP contribution in [0.15, 0.2) is 18.5 Å². The summed E-state index contributed by atoms with van der Waals surface area (Å²) in [6.45, 7) is 8.62. The quantitative estimate of drug-likeness (QED) is 0.603. The molecule has 0 saturated carbocycles. The normalized spacial score (nSPS) is 18.5. The lowest BCUT2D eigenvalue weighted by Crippen LogP contribution is -2.41. The van der Waals surface area contributed by atoms with Gasteiger partial charge in [0, 0.05) is 11.2 Å². The monoisotopic (exact) mass is 359 g/mol. The zero-order valence-corrected chi connectivity index (χ0v) is 16.0. The maximum Gasteiger partial charge on any atom is 0.497 e. The number of ether oxygens (including phenoxy) is 1. The highest BCUT2D eigenvalue weighted by molar-refractivity contribution is 7.98. The van der Waals surface area contributed by atoms with Crippen LogP contribution in [0.2, 0.25) is 0 Å². The van der Waals surface area contributed by atoms with Gasteiger partial charge < -0.3 is 14.0 Å². The SMILES string of the molecule is CSCCOc1cc(B2OC(C)(C)C(C)(C)O2)c2c(C#N)cnn2c1. The van der Waals surface area contributed by atoms with Crippen LogP contribution in [0.25, 0.3) is 5.52 Å².